The number of nitro groups is 1. The number of fused-ring (bicyclic) bond motifs is 1. The van der Waals surface area contributed by atoms with E-state index in [1.54, 1.807) is 18.2 Å². The fourth-order valence-electron chi connectivity index (χ4n) is 2.85. The molecule has 1 heterocycles. The zero-order valence-corrected chi connectivity index (χ0v) is 16.0. The van der Waals surface area contributed by atoms with Crippen LogP contribution in [0.3, 0.4) is 0 Å². The van der Waals surface area contributed by atoms with Crippen LogP contribution in [-0.2, 0) is 4.79 Å². The largest absolute Gasteiger partial charge is 0.454 e. The molecule has 0 saturated heterocycles. The molecule has 0 aliphatic carbocycles. The normalized spacial score (nSPS) is 13.5. The Balaban J connectivity index is 1.86. The standard InChI is InChI=1S/C21H19N3O5/c1-3-13(2)14-4-6-17(7-5-14)23-21(25)16(11-22)8-15-9-19-20(29-12-28-19)10-18(15)24(26)27/h4-10,13H,3,12H2,1-2H3,(H,23,25). The number of anilines is 1. The van der Waals surface area contributed by atoms with Crippen LogP contribution in [0.25, 0.3) is 6.08 Å². The Labute approximate surface area is 167 Å². The second-order valence-corrected chi connectivity index (χ2v) is 6.58. The number of amides is 1. The van der Waals surface area contributed by atoms with E-state index in [4.69, 9.17) is 9.47 Å². The van der Waals surface area contributed by atoms with Crippen molar-refractivity contribution in [3.8, 4) is 17.6 Å². The van der Waals surface area contributed by atoms with Gasteiger partial charge in [0.15, 0.2) is 11.5 Å². The van der Waals surface area contributed by atoms with Crippen molar-refractivity contribution in [2.45, 2.75) is 26.2 Å². The molecule has 148 valence electrons. The Kier molecular flexibility index (Phi) is 5.79. The summed E-state index contributed by atoms with van der Waals surface area (Å²) in [4.78, 5) is 23.3. The number of carbonyl (C=O) groups excluding carboxylic acids is 1. The summed E-state index contributed by atoms with van der Waals surface area (Å²) in [6, 6.07) is 11.8. The Morgan fingerprint density at radius 1 is 1.31 bits per heavy atom. The minimum atomic E-state index is -0.657. The summed E-state index contributed by atoms with van der Waals surface area (Å²) in [5.74, 6) is 0.315. The molecule has 0 aromatic heterocycles. The molecule has 1 amide bonds. The molecular formula is C21H19N3O5. The maximum atomic E-state index is 12.5. The van der Waals surface area contributed by atoms with Crippen LogP contribution in [0.15, 0.2) is 42.0 Å². The van der Waals surface area contributed by atoms with Crippen molar-refractivity contribution in [2.24, 2.45) is 0 Å². The van der Waals surface area contributed by atoms with Crippen molar-refractivity contribution in [3.05, 3.63) is 63.2 Å². The highest BCUT2D eigenvalue weighted by Crippen LogP contribution is 2.38. The van der Waals surface area contributed by atoms with Crippen molar-refractivity contribution in [1.29, 1.82) is 5.26 Å². The van der Waals surface area contributed by atoms with Crippen LogP contribution >= 0.6 is 0 Å². The topological polar surface area (TPSA) is 114 Å². The van der Waals surface area contributed by atoms with Gasteiger partial charge in [-0.15, -0.1) is 0 Å². The maximum Gasteiger partial charge on any atom is 0.280 e. The van der Waals surface area contributed by atoms with E-state index >= 15 is 0 Å². The molecule has 1 aliphatic rings. The number of rotatable bonds is 6. The molecule has 0 radical (unpaired) electrons. The first-order chi connectivity index (χ1) is 13.9. The quantitative estimate of drug-likeness (QED) is 0.337. The molecule has 1 aliphatic heterocycles. The molecule has 0 spiro atoms. The molecule has 1 atom stereocenters. The van der Waals surface area contributed by atoms with Gasteiger partial charge >= 0.3 is 0 Å². The number of nitrogens with one attached hydrogen (secondary N) is 1. The van der Waals surface area contributed by atoms with Gasteiger partial charge in [0.05, 0.1) is 16.6 Å². The smallest absolute Gasteiger partial charge is 0.280 e. The molecule has 8 nitrogen and oxygen atoms in total. The second kappa shape index (κ2) is 8.44. The molecule has 3 rings (SSSR count). The molecule has 1 unspecified atom stereocenters. The van der Waals surface area contributed by atoms with Crippen LogP contribution in [-0.4, -0.2) is 17.6 Å². The van der Waals surface area contributed by atoms with E-state index in [1.807, 2.05) is 12.1 Å². The first-order valence-electron chi connectivity index (χ1n) is 9.04. The highest BCUT2D eigenvalue weighted by atomic mass is 16.7. The average molecular weight is 393 g/mol. The molecule has 2 aromatic carbocycles. The van der Waals surface area contributed by atoms with Gasteiger partial charge in [-0.3, -0.25) is 14.9 Å². The van der Waals surface area contributed by atoms with Gasteiger partial charge in [-0.25, -0.2) is 0 Å². The van der Waals surface area contributed by atoms with Gasteiger partial charge in [-0.2, -0.15) is 5.26 Å². The van der Waals surface area contributed by atoms with Gasteiger partial charge in [-0.1, -0.05) is 26.0 Å². The molecule has 1 N–H and O–H groups in total. The molecular weight excluding hydrogens is 374 g/mol. The number of ether oxygens (including phenoxy) is 2. The molecule has 2 aromatic rings. The van der Waals surface area contributed by atoms with Gasteiger partial charge in [-0.05, 0) is 42.2 Å². The summed E-state index contributed by atoms with van der Waals surface area (Å²) in [6.45, 7) is 4.17. The Morgan fingerprint density at radius 2 is 1.97 bits per heavy atom. The summed E-state index contributed by atoms with van der Waals surface area (Å²) in [5.41, 5.74) is 1.21. The number of nitro benzene ring substituents is 1. The number of carbonyl (C=O) groups is 1. The number of hydrogen-bond acceptors (Lipinski definition) is 6. The van der Waals surface area contributed by atoms with Crippen molar-refractivity contribution < 1.29 is 19.2 Å². The zero-order valence-electron chi connectivity index (χ0n) is 16.0. The Bertz CT molecular complexity index is 1020. The average Bonchev–Trinajstić information content (AvgIpc) is 3.18. The zero-order chi connectivity index (χ0) is 21.0. The lowest BCUT2D eigenvalue weighted by Gasteiger charge is -2.10. The summed E-state index contributed by atoms with van der Waals surface area (Å²) in [7, 11) is 0. The van der Waals surface area contributed by atoms with Gasteiger partial charge in [0.25, 0.3) is 11.6 Å². The molecule has 0 saturated carbocycles. The predicted molar refractivity (Wildman–Crippen MR) is 107 cm³/mol. The predicted octanol–water partition coefficient (Wildman–Crippen LogP) is 4.38. The molecule has 0 bridgehead atoms. The second-order valence-electron chi connectivity index (χ2n) is 6.58. The van der Waals surface area contributed by atoms with E-state index < -0.39 is 10.8 Å². The number of benzene rings is 2. The lowest BCUT2D eigenvalue weighted by molar-refractivity contribution is -0.385. The fraction of sp³-hybridized carbons (Fsp3) is 0.238. The summed E-state index contributed by atoms with van der Waals surface area (Å²) < 4.78 is 10.4. The van der Waals surface area contributed by atoms with E-state index in [0.717, 1.165) is 12.0 Å². The highest BCUT2D eigenvalue weighted by Gasteiger charge is 2.23. The van der Waals surface area contributed by atoms with Gasteiger partial charge in [0.1, 0.15) is 11.6 Å². The van der Waals surface area contributed by atoms with Crippen molar-refractivity contribution in [3.63, 3.8) is 0 Å². The first-order valence-corrected chi connectivity index (χ1v) is 9.04. The lowest BCUT2D eigenvalue weighted by Crippen LogP contribution is -2.13. The summed E-state index contributed by atoms with van der Waals surface area (Å²) in [5, 5.41) is 23.4. The third kappa shape index (κ3) is 4.35. The molecule has 0 fully saturated rings. The van der Waals surface area contributed by atoms with E-state index in [9.17, 15) is 20.2 Å². The van der Waals surface area contributed by atoms with E-state index in [1.165, 1.54) is 18.2 Å². The third-order valence-corrected chi connectivity index (χ3v) is 4.73. The maximum absolute atomic E-state index is 12.5. The van der Waals surface area contributed by atoms with Crippen LogP contribution in [0.5, 0.6) is 11.5 Å². The van der Waals surface area contributed by atoms with Crippen LogP contribution < -0.4 is 14.8 Å². The molecule has 8 heteroatoms. The number of hydrogen-bond donors (Lipinski definition) is 1. The minimum absolute atomic E-state index is 0.0438. The van der Waals surface area contributed by atoms with Crippen molar-refractivity contribution in [1.82, 2.24) is 0 Å². The van der Waals surface area contributed by atoms with Gasteiger partial charge in [0.2, 0.25) is 6.79 Å². The van der Waals surface area contributed by atoms with Gasteiger partial charge < -0.3 is 14.8 Å². The molecule has 29 heavy (non-hydrogen) atoms. The third-order valence-electron chi connectivity index (χ3n) is 4.73. The number of nitrogens with zero attached hydrogens (tertiary/aromatic N) is 2. The Hall–Kier alpha value is -3.86. The fourth-order valence-corrected chi connectivity index (χ4v) is 2.85. The van der Waals surface area contributed by atoms with Crippen LogP contribution in [0, 0.1) is 21.4 Å². The Morgan fingerprint density at radius 3 is 2.55 bits per heavy atom. The van der Waals surface area contributed by atoms with Crippen LogP contribution in [0.2, 0.25) is 0 Å². The monoisotopic (exact) mass is 393 g/mol. The van der Waals surface area contributed by atoms with Gasteiger partial charge in [0, 0.05) is 5.69 Å². The van der Waals surface area contributed by atoms with Crippen molar-refractivity contribution in [2.75, 3.05) is 12.1 Å². The summed E-state index contributed by atoms with van der Waals surface area (Å²) in [6.07, 6.45) is 2.17. The first kappa shape index (κ1) is 19.9. The minimum Gasteiger partial charge on any atom is -0.454 e. The van der Waals surface area contributed by atoms with E-state index in [-0.39, 0.29) is 29.4 Å². The lowest BCUT2D eigenvalue weighted by atomic mass is 9.98. The summed E-state index contributed by atoms with van der Waals surface area (Å²) >= 11 is 0. The van der Waals surface area contributed by atoms with Crippen LogP contribution in [0.4, 0.5) is 11.4 Å². The number of nitriles is 1. The van der Waals surface area contributed by atoms with E-state index in [0.29, 0.717) is 17.4 Å². The highest BCUT2D eigenvalue weighted by molar-refractivity contribution is 6.10. The van der Waals surface area contributed by atoms with E-state index in [2.05, 4.69) is 19.2 Å². The SMILES string of the molecule is CCC(C)c1ccc(NC(=O)C(C#N)=Cc2cc3c(cc2[N+](=O)[O-])OCO3)cc1. The van der Waals surface area contributed by atoms with Crippen molar-refractivity contribution >= 4 is 23.4 Å². The van der Waals surface area contributed by atoms with Crippen LogP contribution in [0.1, 0.15) is 37.3 Å².